The van der Waals surface area contributed by atoms with Crippen molar-refractivity contribution in [3.8, 4) is 11.8 Å². The lowest BCUT2D eigenvalue weighted by atomic mass is 10.0. The number of oxime groups is 1. The van der Waals surface area contributed by atoms with Crippen molar-refractivity contribution < 1.29 is 14.4 Å². The van der Waals surface area contributed by atoms with Gasteiger partial charge in [0.15, 0.2) is 5.71 Å². The maximum Gasteiger partial charge on any atom is 0.273 e. The van der Waals surface area contributed by atoms with Gasteiger partial charge in [-0.25, -0.2) is 0 Å². The number of ether oxygens (including phenoxy) is 1. The van der Waals surface area contributed by atoms with Crippen LogP contribution in [0.2, 0.25) is 0 Å². The van der Waals surface area contributed by atoms with Crippen LogP contribution in [0, 0.1) is 11.3 Å². The molecule has 122 valence electrons. The highest BCUT2D eigenvalue weighted by molar-refractivity contribution is 6.45. The molecule has 0 aromatic heterocycles. The lowest BCUT2D eigenvalue weighted by Crippen LogP contribution is -2.29. The summed E-state index contributed by atoms with van der Waals surface area (Å²) < 4.78 is 5.74. The SMILES string of the molecule is CNC(=O)/C(=N/OC)c1ccccc1COc1ccc(C#N)cc1. The molecule has 0 aliphatic heterocycles. The molecule has 0 heterocycles. The first kappa shape index (κ1) is 17.0. The number of amides is 1. The average molecular weight is 323 g/mol. The van der Waals surface area contributed by atoms with E-state index in [1.165, 1.54) is 14.2 Å². The van der Waals surface area contributed by atoms with Crippen molar-refractivity contribution >= 4 is 11.6 Å². The van der Waals surface area contributed by atoms with Crippen molar-refractivity contribution in [2.45, 2.75) is 6.61 Å². The van der Waals surface area contributed by atoms with Gasteiger partial charge in [-0.2, -0.15) is 5.26 Å². The van der Waals surface area contributed by atoms with Gasteiger partial charge in [-0.15, -0.1) is 0 Å². The monoisotopic (exact) mass is 323 g/mol. The van der Waals surface area contributed by atoms with Gasteiger partial charge in [-0.3, -0.25) is 4.79 Å². The molecule has 0 spiro atoms. The van der Waals surface area contributed by atoms with E-state index in [-0.39, 0.29) is 18.2 Å². The van der Waals surface area contributed by atoms with E-state index in [9.17, 15) is 4.79 Å². The molecular formula is C18H17N3O3. The summed E-state index contributed by atoms with van der Waals surface area (Å²) in [6, 6.07) is 16.2. The number of nitriles is 1. The van der Waals surface area contributed by atoms with Gasteiger partial charge in [0.25, 0.3) is 5.91 Å². The highest BCUT2D eigenvalue weighted by Gasteiger charge is 2.17. The van der Waals surface area contributed by atoms with Crippen molar-refractivity contribution in [2.75, 3.05) is 14.2 Å². The fourth-order valence-electron chi connectivity index (χ4n) is 2.09. The summed E-state index contributed by atoms with van der Waals surface area (Å²) >= 11 is 0. The van der Waals surface area contributed by atoms with Crippen LogP contribution in [0.1, 0.15) is 16.7 Å². The van der Waals surface area contributed by atoms with Gasteiger partial charge in [-0.1, -0.05) is 29.4 Å². The Kier molecular flexibility index (Phi) is 5.92. The molecule has 0 aliphatic rings. The fraction of sp³-hybridized carbons (Fsp3) is 0.167. The van der Waals surface area contributed by atoms with Crippen LogP contribution in [0.5, 0.6) is 5.75 Å². The van der Waals surface area contributed by atoms with Crippen molar-refractivity contribution in [1.82, 2.24) is 5.32 Å². The lowest BCUT2D eigenvalue weighted by Gasteiger charge is -2.12. The zero-order valence-corrected chi connectivity index (χ0v) is 13.4. The highest BCUT2D eigenvalue weighted by Crippen LogP contribution is 2.17. The van der Waals surface area contributed by atoms with E-state index < -0.39 is 0 Å². The quantitative estimate of drug-likeness (QED) is 0.653. The summed E-state index contributed by atoms with van der Waals surface area (Å²) in [5.41, 5.74) is 2.17. The number of rotatable bonds is 6. The number of hydrogen-bond acceptors (Lipinski definition) is 5. The molecule has 0 radical (unpaired) electrons. The van der Waals surface area contributed by atoms with Gasteiger partial charge in [0.05, 0.1) is 11.6 Å². The molecular weight excluding hydrogens is 306 g/mol. The Morgan fingerprint density at radius 1 is 1.21 bits per heavy atom. The smallest absolute Gasteiger partial charge is 0.273 e. The number of carbonyl (C=O) groups excluding carboxylic acids is 1. The maximum atomic E-state index is 12.0. The van der Waals surface area contributed by atoms with Crippen LogP contribution >= 0.6 is 0 Å². The summed E-state index contributed by atoms with van der Waals surface area (Å²) in [7, 11) is 2.92. The molecule has 2 aromatic rings. The van der Waals surface area contributed by atoms with E-state index in [4.69, 9.17) is 14.8 Å². The van der Waals surface area contributed by atoms with Crippen LogP contribution in [0.3, 0.4) is 0 Å². The predicted octanol–water partition coefficient (Wildman–Crippen LogP) is 2.23. The van der Waals surface area contributed by atoms with E-state index in [2.05, 4.69) is 16.5 Å². The molecule has 24 heavy (non-hydrogen) atoms. The van der Waals surface area contributed by atoms with Gasteiger partial charge in [0.2, 0.25) is 0 Å². The second-order valence-electron chi connectivity index (χ2n) is 4.78. The Hall–Kier alpha value is -3.33. The Labute approximate surface area is 140 Å². The molecule has 0 saturated heterocycles. The van der Waals surface area contributed by atoms with Gasteiger partial charge in [0, 0.05) is 12.6 Å². The minimum absolute atomic E-state index is 0.180. The Balaban J connectivity index is 2.23. The largest absolute Gasteiger partial charge is 0.489 e. The second kappa shape index (κ2) is 8.34. The van der Waals surface area contributed by atoms with Crippen LogP contribution in [-0.4, -0.2) is 25.8 Å². The van der Waals surface area contributed by atoms with Gasteiger partial charge in [-0.05, 0) is 29.8 Å². The number of likely N-dealkylation sites (N-methyl/N-ethyl adjacent to an activating group) is 1. The first-order chi connectivity index (χ1) is 11.7. The predicted molar refractivity (Wildman–Crippen MR) is 89.5 cm³/mol. The highest BCUT2D eigenvalue weighted by atomic mass is 16.6. The minimum atomic E-state index is -0.345. The van der Waals surface area contributed by atoms with Crippen molar-refractivity contribution in [2.24, 2.45) is 5.16 Å². The minimum Gasteiger partial charge on any atom is -0.489 e. The molecule has 0 saturated carbocycles. The van der Waals surface area contributed by atoms with Crippen LogP contribution in [0.25, 0.3) is 0 Å². The zero-order chi connectivity index (χ0) is 17.4. The molecule has 2 aromatic carbocycles. The Bertz CT molecular complexity index is 777. The Morgan fingerprint density at radius 2 is 1.92 bits per heavy atom. The average Bonchev–Trinajstić information content (AvgIpc) is 2.64. The molecule has 0 unspecified atom stereocenters. The second-order valence-corrected chi connectivity index (χ2v) is 4.78. The van der Waals surface area contributed by atoms with E-state index in [1.54, 1.807) is 30.3 Å². The first-order valence-electron chi connectivity index (χ1n) is 7.24. The molecule has 0 aliphatic carbocycles. The standard InChI is InChI=1S/C18H17N3O3/c1-20-18(22)17(21-23-2)16-6-4-3-5-14(16)12-24-15-9-7-13(11-19)8-10-15/h3-10H,12H2,1-2H3,(H,20,22)/b21-17+. The first-order valence-corrected chi connectivity index (χ1v) is 7.24. The molecule has 1 amide bonds. The van der Waals surface area contributed by atoms with Crippen LogP contribution < -0.4 is 10.1 Å². The lowest BCUT2D eigenvalue weighted by molar-refractivity contribution is -0.114. The number of nitrogens with zero attached hydrogens (tertiary/aromatic N) is 2. The summed E-state index contributed by atoms with van der Waals surface area (Å²) in [4.78, 5) is 16.8. The van der Waals surface area contributed by atoms with Gasteiger partial charge < -0.3 is 14.9 Å². The number of nitrogens with one attached hydrogen (secondary N) is 1. The molecule has 2 rings (SSSR count). The molecule has 6 heteroatoms. The third-order valence-corrected chi connectivity index (χ3v) is 3.27. The normalized spacial score (nSPS) is 10.6. The van der Waals surface area contributed by atoms with E-state index >= 15 is 0 Å². The third-order valence-electron chi connectivity index (χ3n) is 3.27. The van der Waals surface area contributed by atoms with Crippen LogP contribution in [0.4, 0.5) is 0 Å². The topological polar surface area (TPSA) is 83.7 Å². The molecule has 0 fully saturated rings. The van der Waals surface area contributed by atoms with Crippen molar-refractivity contribution in [3.05, 3.63) is 65.2 Å². The zero-order valence-electron chi connectivity index (χ0n) is 13.4. The third kappa shape index (κ3) is 4.11. The molecule has 1 N–H and O–H groups in total. The number of carbonyl (C=O) groups is 1. The van der Waals surface area contributed by atoms with E-state index in [1.807, 2.05) is 18.2 Å². The molecule has 0 atom stereocenters. The fourth-order valence-corrected chi connectivity index (χ4v) is 2.09. The molecule has 0 bridgehead atoms. The Morgan fingerprint density at radius 3 is 2.54 bits per heavy atom. The van der Waals surface area contributed by atoms with Crippen LogP contribution in [-0.2, 0) is 16.2 Å². The van der Waals surface area contributed by atoms with Gasteiger partial charge in [0.1, 0.15) is 19.5 Å². The number of hydrogen-bond donors (Lipinski definition) is 1. The van der Waals surface area contributed by atoms with Crippen molar-refractivity contribution in [3.63, 3.8) is 0 Å². The summed E-state index contributed by atoms with van der Waals surface area (Å²) in [6.45, 7) is 0.252. The molecule has 6 nitrogen and oxygen atoms in total. The van der Waals surface area contributed by atoms with E-state index in [0.717, 1.165) is 5.56 Å². The summed E-state index contributed by atoms with van der Waals surface area (Å²) in [5, 5.41) is 15.2. The van der Waals surface area contributed by atoms with E-state index in [0.29, 0.717) is 16.9 Å². The van der Waals surface area contributed by atoms with Crippen LogP contribution in [0.15, 0.2) is 53.7 Å². The summed E-state index contributed by atoms with van der Waals surface area (Å²) in [6.07, 6.45) is 0. The number of benzene rings is 2. The van der Waals surface area contributed by atoms with Crippen molar-refractivity contribution in [1.29, 1.82) is 5.26 Å². The summed E-state index contributed by atoms with van der Waals surface area (Å²) in [5.74, 6) is 0.289. The van der Waals surface area contributed by atoms with Gasteiger partial charge >= 0.3 is 0 Å². The maximum absolute atomic E-state index is 12.0.